The van der Waals surface area contributed by atoms with Crippen LogP contribution >= 0.6 is 0 Å². The third-order valence-electron chi connectivity index (χ3n) is 4.37. The Hall–Kier alpha value is -1.56. The molecule has 1 spiro atoms. The van der Waals surface area contributed by atoms with Gasteiger partial charge >= 0.3 is 6.09 Å². The van der Waals surface area contributed by atoms with Crippen molar-refractivity contribution in [2.24, 2.45) is 12.5 Å². The van der Waals surface area contributed by atoms with Crippen LogP contribution in [0.4, 0.5) is 4.79 Å². The molecule has 6 nitrogen and oxygen atoms in total. The lowest BCUT2D eigenvalue weighted by molar-refractivity contribution is 0.0216. The van der Waals surface area contributed by atoms with Gasteiger partial charge in [0.15, 0.2) is 0 Å². The van der Waals surface area contributed by atoms with Gasteiger partial charge in [-0.3, -0.25) is 4.68 Å². The summed E-state index contributed by atoms with van der Waals surface area (Å²) < 4.78 is 7.30. The zero-order valence-electron chi connectivity index (χ0n) is 13.2. The van der Waals surface area contributed by atoms with E-state index in [4.69, 9.17) is 4.74 Å². The molecule has 3 rings (SSSR count). The highest BCUT2D eigenvalue weighted by atomic mass is 16.6. The summed E-state index contributed by atoms with van der Waals surface area (Å²) in [4.78, 5) is 14.0. The van der Waals surface area contributed by atoms with Gasteiger partial charge in [-0.25, -0.2) is 4.79 Å². The van der Waals surface area contributed by atoms with Gasteiger partial charge in [-0.05, 0) is 27.2 Å². The first-order valence-corrected chi connectivity index (χ1v) is 7.49. The number of hydrogen-bond acceptors (Lipinski definition) is 4. The zero-order chi connectivity index (χ0) is 15.3. The number of carbonyl (C=O) groups excluding carboxylic acids is 1. The molecule has 1 aromatic heterocycles. The van der Waals surface area contributed by atoms with E-state index in [0.29, 0.717) is 6.04 Å². The van der Waals surface area contributed by atoms with Crippen LogP contribution in [-0.2, 0) is 11.8 Å². The molecule has 0 bridgehead atoms. The van der Waals surface area contributed by atoms with Crippen molar-refractivity contribution in [1.82, 2.24) is 20.0 Å². The fourth-order valence-electron chi connectivity index (χ4n) is 3.31. The molecule has 0 saturated carbocycles. The molecule has 21 heavy (non-hydrogen) atoms. The van der Waals surface area contributed by atoms with E-state index >= 15 is 0 Å². The molecule has 1 N–H and O–H groups in total. The summed E-state index contributed by atoms with van der Waals surface area (Å²) in [6.07, 6.45) is 4.78. The van der Waals surface area contributed by atoms with Crippen LogP contribution in [0.3, 0.4) is 0 Å². The van der Waals surface area contributed by atoms with Gasteiger partial charge in [-0.1, -0.05) is 0 Å². The Morgan fingerprint density at radius 3 is 2.81 bits per heavy atom. The van der Waals surface area contributed by atoms with Gasteiger partial charge in [-0.15, -0.1) is 0 Å². The standard InChI is InChI=1S/C15H24N4O2/c1-14(2,3)21-13(20)19-6-5-15(10-19)9-16-12(15)11-7-17-18(4)8-11/h7-8,12,16H,5-6,9-10H2,1-4H3/t12-,15+/m1/s1. The van der Waals surface area contributed by atoms with Crippen molar-refractivity contribution in [2.75, 3.05) is 19.6 Å². The number of likely N-dealkylation sites (tertiary alicyclic amines) is 1. The Morgan fingerprint density at radius 2 is 2.29 bits per heavy atom. The summed E-state index contributed by atoms with van der Waals surface area (Å²) in [6.45, 7) is 8.19. The van der Waals surface area contributed by atoms with E-state index in [1.54, 1.807) is 0 Å². The Labute approximate surface area is 125 Å². The number of aromatic nitrogens is 2. The summed E-state index contributed by atoms with van der Waals surface area (Å²) in [5.74, 6) is 0. The molecule has 6 heteroatoms. The molecule has 2 aliphatic heterocycles. The maximum Gasteiger partial charge on any atom is 0.410 e. The number of carbonyl (C=O) groups is 1. The number of ether oxygens (including phenoxy) is 1. The molecule has 0 unspecified atom stereocenters. The van der Waals surface area contributed by atoms with Crippen LogP contribution in [0.15, 0.2) is 12.4 Å². The van der Waals surface area contributed by atoms with E-state index in [0.717, 1.165) is 26.1 Å². The molecule has 0 aromatic carbocycles. The molecule has 2 atom stereocenters. The van der Waals surface area contributed by atoms with Crippen molar-refractivity contribution in [2.45, 2.75) is 38.8 Å². The molecule has 0 aliphatic carbocycles. The number of rotatable bonds is 1. The first-order chi connectivity index (χ1) is 9.79. The van der Waals surface area contributed by atoms with E-state index in [9.17, 15) is 4.79 Å². The Bertz CT molecular complexity index is 548. The molecular weight excluding hydrogens is 268 g/mol. The quantitative estimate of drug-likeness (QED) is 0.856. The van der Waals surface area contributed by atoms with Gasteiger partial charge in [0, 0.05) is 49.9 Å². The number of hydrogen-bond donors (Lipinski definition) is 1. The average molecular weight is 292 g/mol. The lowest BCUT2D eigenvalue weighted by Gasteiger charge is -2.47. The van der Waals surface area contributed by atoms with Crippen molar-refractivity contribution in [3.05, 3.63) is 18.0 Å². The van der Waals surface area contributed by atoms with Crippen LogP contribution in [0.1, 0.15) is 38.8 Å². The maximum atomic E-state index is 12.2. The number of nitrogens with zero attached hydrogens (tertiary/aromatic N) is 3. The van der Waals surface area contributed by atoms with Gasteiger partial charge < -0.3 is 15.0 Å². The van der Waals surface area contributed by atoms with Crippen molar-refractivity contribution in [3.63, 3.8) is 0 Å². The van der Waals surface area contributed by atoms with Crippen LogP contribution in [-0.4, -0.2) is 46.0 Å². The largest absolute Gasteiger partial charge is 0.444 e. The van der Waals surface area contributed by atoms with Crippen molar-refractivity contribution in [1.29, 1.82) is 0 Å². The SMILES string of the molecule is Cn1cc([C@H]2NC[C@]23CCN(C(=O)OC(C)(C)C)C3)cn1. The second-order valence-electron chi connectivity index (χ2n) is 7.28. The first kappa shape index (κ1) is 14.4. The minimum atomic E-state index is -0.437. The minimum Gasteiger partial charge on any atom is -0.444 e. The van der Waals surface area contributed by atoms with Gasteiger partial charge in [-0.2, -0.15) is 5.10 Å². The predicted octanol–water partition coefficient (Wildman–Crippen LogP) is 1.69. The van der Waals surface area contributed by atoms with E-state index in [-0.39, 0.29) is 11.5 Å². The second-order valence-corrected chi connectivity index (χ2v) is 7.28. The fraction of sp³-hybridized carbons (Fsp3) is 0.733. The molecule has 1 aromatic rings. The summed E-state index contributed by atoms with van der Waals surface area (Å²) in [5, 5.41) is 7.73. The summed E-state index contributed by atoms with van der Waals surface area (Å²) in [5.41, 5.74) is 0.905. The van der Waals surface area contributed by atoms with Crippen LogP contribution in [0.2, 0.25) is 0 Å². The monoisotopic (exact) mass is 292 g/mol. The van der Waals surface area contributed by atoms with Crippen molar-refractivity contribution >= 4 is 6.09 Å². The Morgan fingerprint density at radius 1 is 1.52 bits per heavy atom. The molecule has 1 amide bonds. The second kappa shape index (κ2) is 4.73. The molecule has 116 valence electrons. The Kier molecular flexibility index (Phi) is 3.24. The van der Waals surface area contributed by atoms with Crippen molar-refractivity contribution < 1.29 is 9.53 Å². The molecule has 2 fully saturated rings. The molecule has 2 aliphatic rings. The topological polar surface area (TPSA) is 59.4 Å². The highest BCUT2D eigenvalue weighted by molar-refractivity contribution is 5.68. The maximum absolute atomic E-state index is 12.2. The highest BCUT2D eigenvalue weighted by Crippen LogP contribution is 2.47. The van der Waals surface area contributed by atoms with Crippen LogP contribution < -0.4 is 5.32 Å². The Balaban J connectivity index is 1.67. The van der Waals surface area contributed by atoms with E-state index in [2.05, 4.69) is 16.6 Å². The molecule has 3 heterocycles. The molecular formula is C15H24N4O2. The van der Waals surface area contributed by atoms with Gasteiger partial charge in [0.2, 0.25) is 0 Å². The van der Waals surface area contributed by atoms with Gasteiger partial charge in [0.1, 0.15) is 5.60 Å². The van der Waals surface area contributed by atoms with E-state index in [1.165, 1.54) is 5.56 Å². The number of aryl methyl sites for hydroxylation is 1. The number of nitrogens with one attached hydrogen (secondary N) is 1. The normalized spacial score (nSPS) is 28.8. The summed E-state index contributed by atoms with van der Waals surface area (Å²) in [7, 11) is 1.93. The van der Waals surface area contributed by atoms with Crippen LogP contribution in [0, 0.1) is 5.41 Å². The molecule has 0 radical (unpaired) electrons. The minimum absolute atomic E-state index is 0.139. The van der Waals surface area contributed by atoms with Crippen LogP contribution in [0.5, 0.6) is 0 Å². The third-order valence-corrected chi connectivity index (χ3v) is 4.37. The lowest BCUT2D eigenvalue weighted by atomic mass is 9.70. The third kappa shape index (κ3) is 2.64. The lowest BCUT2D eigenvalue weighted by Crippen LogP contribution is -2.57. The smallest absolute Gasteiger partial charge is 0.410 e. The average Bonchev–Trinajstić information content (AvgIpc) is 2.94. The van der Waals surface area contributed by atoms with E-state index < -0.39 is 5.60 Å². The van der Waals surface area contributed by atoms with Crippen LogP contribution in [0.25, 0.3) is 0 Å². The molecule has 2 saturated heterocycles. The first-order valence-electron chi connectivity index (χ1n) is 7.49. The fourth-order valence-corrected chi connectivity index (χ4v) is 3.31. The van der Waals surface area contributed by atoms with Gasteiger partial charge in [0.25, 0.3) is 0 Å². The highest BCUT2D eigenvalue weighted by Gasteiger charge is 2.53. The summed E-state index contributed by atoms with van der Waals surface area (Å²) >= 11 is 0. The predicted molar refractivity (Wildman–Crippen MR) is 78.8 cm³/mol. The zero-order valence-corrected chi connectivity index (χ0v) is 13.2. The van der Waals surface area contributed by atoms with Crippen molar-refractivity contribution in [3.8, 4) is 0 Å². The summed E-state index contributed by atoms with van der Waals surface area (Å²) in [6, 6.07) is 0.290. The van der Waals surface area contributed by atoms with Gasteiger partial charge in [0.05, 0.1) is 6.20 Å². The van der Waals surface area contributed by atoms with E-state index in [1.807, 2.05) is 43.6 Å². The number of amides is 1.